The molecule has 0 amide bonds. The van der Waals surface area contributed by atoms with Gasteiger partial charge in [0.15, 0.2) is 0 Å². The summed E-state index contributed by atoms with van der Waals surface area (Å²) in [6.45, 7) is 9.83. The Hall–Kier alpha value is -1.44. The topological polar surface area (TPSA) is 73.8 Å². The molecule has 0 aromatic carbocycles. The lowest BCUT2D eigenvalue weighted by atomic mass is 10.2. The van der Waals surface area contributed by atoms with Crippen LogP contribution in [0, 0.1) is 6.92 Å². The van der Waals surface area contributed by atoms with Crippen molar-refractivity contribution in [3.05, 3.63) is 17.0 Å². The normalized spacial score (nSPS) is 11.4. The van der Waals surface area contributed by atoms with Crippen LogP contribution in [0.2, 0.25) is 5.28 Å². The van der Waals surface area contributed by atoms with Crippen LogP contribution < -0.4 is 4.90 Å². The highest BCUT2D eigenvalue weighted by molar-refractivity contribution is 6.28. The Balaban J connectivity index is 2.07. The standard InChI is InChI=1S/C17H28ClN3O4/c1-13-12-14(20-16(18)19-13)21(5)7-9-24-11-10-23-8-6-15(22)25-17(2,3)4/h12H,6-11H2,1-5H3. The van der Waals surface area contributed by atoms with Crippen molar-refractivity contribution in [2.75, 3.05) is 44.9 Å². The van der Waals surface area contributed by atoms with Crippen LogP contribution in [-0.4, -0.2) is 61.6 Å². The maximum atomic E-state index is 11.5. The van der Waals surface area contributed by atoms with E-state index in [-0.39, 0.29) is 17.7 Å². The minimum atomic E-state index is -0.460. The maximum absolute atomic E-state index is 11.5. The van der Waals surface area contributed by atoms with E-state index >= 15 is 0 Å². The molecule has 0 aliphatic carbocycles. The molecule has 0 atom stereocenters. The van der Waals surface area contributed by atoms with Crippen molar-refractivity contribution in [2.45, 2.75) is 39.7 Å². The molecule has 8 heteroatoms. The summed E-state index contributed by atoms with van der Waals surface area (Å²) < 4.78 is 16.1. The van der Waals surface area contributed by atoms with E-state index in [4.69, 9.17) is 25.8 Å². The summed E-state index contributed by atoms with van der Waals surface area (Å²) in [5, 5.41) is 0.237. The molecule has 0 bridgehead atoms. The smallest absolute Gasteiger partial charge is 0.308 e. The van der Waals surface area contributed by atoms with Crippen LogP contribution in [-0.2, 0) is 19.0 Å². The number of nitrogens with zero attached hydrogens (tertiary/aromatic N) is 3. The van der Waals surface area contributed by atoms with Gasteiger partial charge in [-0.2, -0.15) is 0 Å². The molecule has 0 aliphatic heterocycles. The average Bonchev–Trinajstić information content (AvgIpc) is 2.46. The van der Waals surface area contributed by atoms with Gasteiger partial charge in [0, 0.05) is 25.4 Å². The van der Waals surface area contributed by atoms with Crippen molar-refractivity contribution in [1.29, 1.82) is 0 Å². The van der Waals surface area contributed by atoms with Crippen LogP contribution in [0.1, 0.15) is 32.9 Å². The predicted molar refractivity (Wildman–Crippen MR) is 97.1 cm³/mol. The van der Waals surface area contributed by atoms with E-state index in [0.717, 1.165) is 11.5 Å². The van der Waals surface area contributed by atoms with Gasteiger partial charge in [0.25, 0.3) is 0 Å². The van der Waals surface area contributed by atoms with Crippen LogP contribution in [0.5, 0.6) is 0 Å². The minimum absolute atomic E-state index is 0.237. The molecule has 0 unspecified atom stereocenters. The summed E-state index contributed by atoms with van der Waals surface area (Å²) in [5.74, 6) is 0.503. The molecule has 142 valence electrons. The van der Waals surface area contributed by atoms with E-state index in [1.807, 2.05) is 45.7 Å². The summed E-state index contributed by atoms with van der Waals surface area (Å²) in [5.41, 5.74) is 0.361. The quantitative estimate of drug-likeness (QED) is 0.354. The van der Waals surface area contributed by atoms with Gasteiger partial charge in [0.2, 0.25) is 5.28 Å². The fourth-order valence-corrected chi connectivity index (χ4v) is 2.12. The van der Waals surface area contributed by atoms with Crippen LogP contribution in [0.15, 0.2) is 6.07 Å². The van der Waals surface area contributed by atoms with Crippen LogP contribution in [0.3, 0.4) is 0 Å². The largest absolute Gasteiger partial charge is 0.460 e. The molecule has 1 aromatic heterocycles. The lowest BCUT2D eigenvalue weighted by molar-refractivity contribution is -0.156. The molecule has 1 rings (SSSR count). The fraction of sp³-hybridized carbons (Fsp3) is 0.706. The van der Waals surface area contributed by atoms with E-state index in [1.54, 1.807) is 0 Å². The second-order valence-electron chi connectivity index (χ2n) is 6.62. The molecular weight excluding hydrogens is 346 g/mol. The highest BCUT2D eigenvalue weighted by atomic mass is 35.5. The fourth-order valence-electron chi connectivity index (χ4n) is 1.90. The number of likely N-dealkylation sites (N-methyl/N-ethyl adjacent to an activating group) is 1. The lowest BCUT2D eigenvalue weighted by Crippen LogP contribution is -2.25. The molecule has 0 radical (unpaired) electrons. The first-order valence-corrected chi connectivity index (χ1v) is 8.65. The first kappa shape index (κ1) is 21.6. The van der Waals surface area contributed by atoms with Crippen molar-refractivity contribution < 1.29 is 19.0 Å². The van der Waals surface area contributed by atoms with Gasteiger partial charge in [-0.3, -0.25) is 4.79 Å². The number of hydrogen-bond donors (Lipinski definition) is 0. The van der Waals surface area contributed by atoms with Gasteiger partial charge >= 0.3 is 5.97 Å². The van der Waals surface area contributed by atoms with E-state index in [9.17, 15) is 4.79 Å². The van der Waals surface area contributed by atoms with E-state index < -0.39 is 5.60 Å². The Kier molecular flexibility index (Phi) is 9.10. The van der Waals surface area contributed by atoms with Gasteiger partial charge in [-0.05, 0) is 39.3 Å². The number of carbonyl (C=O) groups is 1. The second kappa shape index (κ2) is 10.5. The number of anilines is 1. The zero-order chi connectivity index (χ0) is 18.9. The zero-order valence-corrected chi connectivity index (χ0v) is 16.4. The third kappa shape index (κ3) is 10.2. The van der Waals surface area contributed by atoms with Crippen molar-refractivity contribution in [3.8, 4) is 0 Å². The molecule has 0 spiro atoms. The van der Waals surface area contributed by atoms with Gasteiger partial charge in [-0.25, -0.2) is 9.97 Å². The molecule has 1 aromatic rings. The van der Waals surface area contributed by atoms with Crippen LogP contribution >= 0.6 is 11.6 Å². The zero-order valence-electron chi connectivity index (χ0n) is 15.7. The summed E-state index contributed by atoms with van der Waals surface area (Å²) in [7, 11) is 1.92. The number of halogens is 1. The Morgan fingerprint density at radius 2 is 1.80 bits per heavy atom. The van der Waals surface area contributed by atoms with Gasteiger partial charge in [0.1, 0.15) is 11.4 Å². The highest BCUT2D eigenvalue weighted by Gasteiger charge is 2.15. The van der Waals surface area contributed by atoms with Crippen molar-refractivity contribution in [3.63, 3.8) is 0 Å². The molecular formula is C17H28ClN3O4. The van der Waals surface area contributed by atoms with Gasteiger partial charge in [0.05, 0.1) is 32.8 Å². The molecule has 0 saturated heterocycles. The number of hydrogen-bond acceptors (Lipinski definition) is 7. The van der Waals surface area contributed by atoms with E-state index in [1.165, 1.54) is 0 Å². The summed E-state index contributed by atoms with van der Waals surface area (Å²) in [6.07, 6.45) is 0.244. The Morgan fingerprint density at radius 1 is 1.16 bits per heavy atom. The number of rotatable bonds is 10. The number of carbonyl (C=O) groups excluding carboxylic acids is 1. The molecule has 7 nitrogen and oxygen atoms in total. The van der Waals surface area contributed by atoms with Crippen molar-refractivity contribution in [2.24, 2.45) is 0 Å². The Labute approximate surface area is 154 Å². The summed E-state index contributed by atoms with van der Waals surface area (Å²) in [4.78, 5) is 21.6. The first-order valence-electron chi connectivity index (χ1n) is 8.27. The van der Waals surface area contributed by atoms with E-state index in [2.05, 4.69) is 9.97 Å². The predicted octanol–water partition coefficient (Wildman–Crippen LogP) is 2.64. The maximum Gasteiger partial charge on any atom is 0.308 e. The molecule has 25 heavy (non-hydrogen) atoms. The summed E-state index contributed by atoms with van der Waals surface area (Å²) in [6, 6.07) is 1.87. The lowest BCUT2D eigenvalue weighted by Gasteiger charge is -2.19. The molecule has 1 heterocycles. The number of esters is 1. The second-order valence-corrected chi connectivity index (χ2v) is 6.96. The molecule has 0 aliphatic rings. The minimum Gasteiger partial charge on any atom is -0.460 e. The Morgan fingerprint density at radius 3 is 2.40 bits per heavy atom. The monoisotopic (exact) mass is 373 g/mol. The summed E-state index contributed by atoms with van der Waals surface area (Å²) >= 11 is 5.85. The van der Waals surface area contributed by atoms with Crippen molar-refractivity contribution in [1.82, 2.24) is 9.97 Å². The number of aromatic nitrogens is 2. The van der Waals surface area contributed by atoms with Crippen LogP contribution in [0.25, 0.3) is 0 Å². The van der Waals surface area contributed by atoms with Gasteiger partial charge < -0.3 is 19.1 Å². The van der Waals surface area contributed by atoms with Gasteiger partial charge in [-0.1, -0.05) is 0 Å². The van der Waals surface area contributed by atoms with E-state index in [0.29, 0.717) is 33.0 Å². The Bertz CT molecular complexity index is 529. The SMILES string of the molecule is Cc1cc(N(C)CCOCCOCCC(=O)OC(C)(C)C)nc(Cl)n1. The highest BCUT2D eigenvalue weighted by Crippen LogP contribution is 2.13. The number of aryl methyl sites for hydroxylation is 1. The van der Waals surface area contributed by atoms with Crippen LogP contribution in [0.4, 0.5) is 5.82 Å². The number of ether oxygens (including phenoxy) is 3. The first-order chi connectivity index (χ1) is 11.7. The van der Waals surface area contributed by atoms with Gasteiger partial charge in [-0.15, -0.1) is 0 Å². The third-order valence-electron chi connectivity index (χ3n) is 3.02. The average molecular weight is 374 g/mol. The molecule has 0 saturated carbocycles. The molecule has 0 fully saturated rings. The van der Waals surface area contributed by atoms with Crippen molar-refractivity contribution >= 4 is 23.4 Å². The molecule has 0 N–H and O–H groups in total. The third-order valence-corrected chi connectivity index (χ3v) is 3.19.